The molecule has 0 bridgehead atoms. The van der Waals surface area contributed by atoms with Crippen LogP contribution in [0.15, 0.2) is 0 Å². The number of hydrogen-bond donors (Lipinski definition) is 2. The second kappa shape index (κ2) is 5.17. The van der Waals surface area contributed by atoms with E-state index in [0.29, 0.717) is 25.7 Å². The first-order chi connectivity index (χ1) is 7.75. The third-order valence-electron chi connectivity index (χ3n) is 4.12. The maximum Gasteiger partial charge on any atom is 0.306 e. The Kier molecular flexibility index (Phi) is 4.31. The van der Waals surface area contributed by atoms with Gasteiger partial charge in [0.1, 0.15) is 5.78 Å². The number of rotatable bonds is 4. The van der Waals surface area contributed by atoms with Crippen molar-refractivity contribution in [1.82, 2.24) is 0 Å². The number of aliphatic hydroxyl groups is 1. The van der Waals surface area contributed by atoms with Crippen molar-refractivity contribution in [3.8, 4) is 0 Å². The first-order valence-corrected chi connectivity index (χ1v) is 6.23. The topological polar surface area (TPSA) is 74.6 Å². The van der Waals surface area contributed by atoms with E-state index in [-0.39, 0.29) is 17.6 Å². The summed E-state index contributed by atoms with van der Waals surface area (Å²) in [5.74, 6) is -1.34. The van der Waals surface area contributed by atoms with Crippen molar-refractivity contribution in [3.63, 3.8) is 0 Å². The molecule has 0 radical (unpaired) electrons. The molecular weight excluding hydrogens is 220 g/mol. The van der Waals surface area contributed by atoms with E-state index >= 15 is 0 Å². The molecule has 17 heavy (non-hydrogen) atoms. The summed E-state index contributed by atoms with van der Waals surface area (Å²) in [6.45, 7) is 5.25. The number of Topliss-reactive ketones (excluding diaryl/α,β-unsaturated/α-hetero) is 1. The summed E-state index contributed by atoms with van der Waals surface area (Å²) >= 11 is 0. The lowest BCUT2D eigenvalue weighted by atomic mass is 9.67. The fraction of sp³-hybridized carbons (Fsp3) is 0.846. The van der Waals surface area contributed by atoms with Gasteiger partial charge in [-0.2, -0.15) is 0 Å². The SMILES string of the molecule is CC(CCC1C(C)C(=O)CCC1(C)O)C(=O)O. The second-order valence-electron chi connectivity index (χ2n) is 5.54. The number of carbonyl (C=O) groups excluding carboxylic acids is 1. The van der Waals surface area contributed by atoms with Gasteiger partial charge in [0.05, 0.1) is 11.5 Å². The van der Waals surface area contributed by atoms with Crippen LogP contribution in [-0.4, -0.2) is 27.6 Å². The van der Waals surface area contributed by atoms with Crippen LogP contribution in [0.4, 0.5) is 0 Å². The lowest BCUT2D eigenvalue weighted by Crippen LogP contribution is -2.46. The molecule has 1 saturated carbocycles. The van der Waals surface area contributed by atoms with Crippen LogP contribution in [0.25, 0.3) is 0 Å². The van der Waals surface area contributed by atoms with Crippen LogP contribution in [-0.2, 0) is 9.59 Å². The molecule has 4 unspecified atom stereocenters. The predicted octanol–water partition coefficient (Wildman–Crippen LogP) is 1.85. The molecule has 4 heteroatoms. The van der Waals surface area contributed by atoms with Crippen molar-refractivity contribution in [2.75, 3.05) is 0 Å². The molecule has 4 atom stereocenters. The Balaban J connectivity index is 2.65. The van der Waals surface area contributed by atoms with E-state index in [9.17, 15) is 14.7 Å². The minimum Gasteiger partial charge on any atom is -0.481 e. The number of aliphatic carboxylic acids is 1. The standard InChI is InChI=1S/C13H22O4/c1-8(12(15)16)4-5-10-9(2)11(14)6-7-13(10,3)17/h8-10,17H,4-7H2,1-3H3,(H,15,16). The third kappa shape index (κ3) is 3.28. The molecule has 0 aromatic heterocycles. The molecule has 1 fully saturated rings. The van der Waals surface area contributed by atoms with E-state index < -0.39 is 17.5 Å². The van der Waals surface area contributed by atoms with E-state index in [1.165, 1.54) is 0 Å². The molecule has 0 amide bonds. The Morgan fingerprint density at radius 3 is 2.71 bits per heavy atom. The molecule has 0 aliphatic heterocycles. The van der Waals surface area contributed by atoms with Gasteiger partial charge in [0, 0.05) is 12.3 Å². The Bertz CT molecular complexity index is 309. The number of carboxylic acids is 1. The fourth-order valence-corrected chi connectivity index (χ4v) is 2.67. The van der Waals surface area contributed by atoms with E-state index in [2.05, 4.69) is 0 Å². The van der Waals surface area contributed by atoms with Gasteiger partial charge >= 0.3 is 5.97 Å². The molecular formula is C13H22O4. The molecule has 0 heterocycles. The molecule has 2 N–H and O–H groups in total. The van der Waals surface area contributed by atoms with Crippen LogP contribution < -0.4 is 0 Å². The maximum absolute atomic E-state index is 11.6. The van der Waals surface area contributed by atoms with E-state index in [1.54, 1.807) is 13.8 Å². The van der Waals surface area contributed by atoms with Gasteiger partial charge in [-0.15, -0.1) is 0 Å². The first-order valence-electron chi connectivity index (χ1n) is 6.23. The molecule has 1 aliphatic carbocycles. The highest BCUT2D eigenvalue weighted by Gasteiger charge is 2.42. The highest BCUT2D eigenvalue weighted by Crippen LogP contribution is 2.39. The quantitative estimate of drug-likeness (QED) is 0.789. The van der Waals surface area contributed by atoms with Crippen LogP contribution in [0, 0.1) is 17.8 Å². The largest absolute Gasteiger partial charge is 0.481 e. The van der Waals surface area contributed by atoms with Gasteiger partial charge in [-0.25, -0.2) is 0 Å². The molecule has 4 nitrogen and oxygen atoms in total. The normalized spacial score (nSPS) is 35.6. The summed E-state index contributed by atoms with van der Waals surface area (Å²) in [7, 11) is 0. The molecule has 0 aromatic carbocycles. The van der Waals surface area contributed by atoms with Gasteiger partial charge < -0.3 is 10.2 Å². The van der Waals surface area contributed by atoms with Crippen molar-refractivity contribution in [2.45, 2.75) is 52.1 Å². The van der Waals surface area contributed by atoms with Crippen molar-refractivity contribution in [3.05, 3.63) is 0 Å². The van der Waals surface area contributed by atoms with Crippen molar-refractivity contribution < 1.29 is 19.8 Å². The van der Waals surface area contributed by atoms with Crippen molar-refractivity contribution in [2.24, 2.45) is 17.8 Å². The van der Waals surface area contributed by atoms with E-state index in [4.69, 9.17) is 5.11 Å². The summed E-state index contributed by atoms with van der Waals surface area (Å²) in [5, 5.41) is 19.1. The van der Waals surface area contributed by atoms with Gasteiger partial charge in [-0.1, -0.05) is 13.8 Å². The highest BCUT2D eigenvalue weighted by molar-refractivity contribution is 5.82. The highest BCUT2D eigenvalue weighted by atomic mass is 16.4. The van der Waals surface area contributed by atoms with Gasteiger partial charge in [0.25, 0.3) is 0 Å². The zero-order valence-electron chi connectivity index (χ0n) is 10.8. The molecule has 0 saturated heterocycles. The molecule has 0 spiro atoms. The van der Waals surface area contributed by atoms with Crippen LogP contribution in [0.1, 0.15) is 46.5 Å². The minimum absolute atomic E-state index is 0.120. The van der Waals surface area contributed by atoms with E-state index in [0.717, 1.165) is 0 Å². The summed E-state index contributed by atoms with van der Waals surface area (Å²) in [4.78, 5) is 22.4. The third-order valence-corrected chi connectivity index (χ3v) is 4.12. The van der Waals surface area contributed by atoms with Gasteiger partial charge in [0.15, 0.2) is 0 Å². The average molecular weight is 242 g/mol. The second-order valence-corrected chi connectivity index (χ2v) is 5.54. The van der Waals surface area contributed by atoms with Crippen LogP contribution in [0.3, 0.4) is 0 Å². The van der Waals surface area contributed by atoms with Gasteiger partial charge in [-0.05, 0) is 32.1 Å². The Morgan fingerprint density at radius 1 is 1.59 bits per heavy atom. The number of carboxylic acid groups (broad SMARTS) is 1. The number of ketones is 1. The number of hydrogen-bond acceptors (Lipinski definition) is 3. The monoisotopic (exact) mass is 242 g/mol. The summed E-state index contributed by atoms with van der Waals surface area (Å²) in [5.41, 5.74) is -0.842. The smallest absolute Gasteiger partial charge is 0.306 e. The zero-order chi connectivity index (χ0) is 13.2. The van der Waals surface area contributed by atoms with E-state index in [1.807, 2.05) is 6.92 Å². The summed E-state index contributed by atoms with van der Waals surface area (Å²) in [6.07, 6.45) is 2.02. The van der Waals surface area contributed by atoms with Crippen LogP contribution in [0.5, 0.6) is 0 Å². The zero-order valence-corrected chi connectivity index (χ0v) is 10.8. The van der Waals surface area contributed by atoms with Crippen molar-refractivity contribution in [1.29, 1.82) is 0 Å². The summed E-state index contributed by atoms with van der Waals surface area (Å²) < 4.78 is 0. The lowest BCUT2D eigenvalue weighted by molar-refractivity contribution is -0.142. The van der Waals surface area contributed by atoms with Gasteiger partial charge in [-0.3, -0.25) is 9.59 Å². The van der Waals surface area contributed by atoms with Gasteiger partial charge in [0.2, 0.25) is 0 Å². The first kappa shape index (κ1) is 14.2. The molecule has 1 rings (SSSR count). The number of carbonyl (C=O) groups is 2. The van der Waals surface area contributed by atoms with Crippen LogP contribution in [0.2, 0.25) is 0 Å². The fourth-order valence-electron chi connectivity index (χ4n) is 2.67. The van der Waals surface area contributed by atoms with Crippen LogP contribution >= 0.6 is 0 Å². The Morgan fingerprint density at radius 2 is 2.18 bits per heavy atom. The summed E-state index contributed by atoms with van der Waals surface area (Å²) in [6, 6.07) is 0. The molecule has 1 aliphatic rings. The molecule has 98 valence electrons. The average Bonchev–Trinajstić information content (AvgIpc) is 2.23. The Hall–Kier alpha value is -0.900. The van der Waals surface area contributed by atoms with Crippen molar-refractivity contribution >= 4 is 11.8 Å². The predicted molar refractivity (Wildman–Crippen MR) is 63.6 cm³/mol. The maximum atomic E-state index is 11.6. The minimum atomic E-state index is -0.842. The lowest BCUT2D eigenvalue weighted by Gasteiger charge is -2.41. The Labute approximate surface area is 102 Å². The molecule has 0 aromatic rings.